The molecule has 1 aromatic heterocycles. The van der Waals surface area contributed by atoms with Gasteiger partial charge < -0.3 is 20.3 Å². The zero-order valence-electron chi connectivity index (χ0n) is 15.3. The minimum absolute atomic E-state index is 0.0106. The van der Waals surface area contributed by atoms with Crippen molar-refractivity contribution in [1.29, 1.82) is 0 Å². The normalized spacial score (nSPS) is 26.5. The van der Waals surface area contributed by atoms with Gasteiger partial charge >= 0.3 is 0 Å². The topological polar surface area (TPSA) is 88.5 Å². The van der Waals surface area contributed by atoms with Crippen molar-refractivity contribution in [3.8, 4) is 0 Å². The van der Waals surface area contributed by atoms with Crippen LogP contribution in [0.25, 0.3) is 0 Å². The van der Waals surface area contributed by atoms with Crippen molar-refractivity contribution < 1.29 is 14.3 Å². The predicted molar refractivity (Wildman–Crippen MR) is 101 cm³/mol. The fraction of sp³-hybridized carbons (Fsp3) is 0.706. The number of anilines is 1. The first-order valence-electron chi connectivity index (χ1n) is 9.06. The summed E-state index contributed by atoms with van der Waals surface area (Å²) in [6.45, 7) is 6.24. The summed E-state index contributed by atoms with van der Waals surface area (Å²) >= 11 is 1.87. The molecule has 0 saturated carbocycles. The maximum Gasteiger partial charge on any atom is 0.244 e. The number of morpholine rings is 1. The van der Waals surface area contributed by atoms with Gasteiger partial charge in [0.15, 0.2) is 0 Å². The van der Waals surface area contributed by atoms with E-state index in [4.69, 9.17) is 4.74 Å². The highest BCUT2D eigenvalue weighted by Crippen LogP contribution is 2.13. The van der Waals surface area contributed by atoms with Crippen LogP contribution in [0.2, 0.25) is 0 Å². The van der Waals surface area contributed by atoms with E-state index in [9.17, 15) is 9.59 Å². The Kier molecular flexibility index (Phi) is 6.55. The Labute approximate surface area is 158 Å². The average molecular weight is 382 g/mol. The van der Waals surface area contributed by atoms with Crippen LogP contribution in [0.3, 0.4) is 0 Å². The molecular formula is C17H27N5O3S. The van der Waals surface area contributed by atoms with Gasteiger partial charge in [-0.05, 0) is 13.8 Å². The minimum atomic E-state index is -0.0355. The first-order chi connectivity index (χ1) is 12.5. The number of ether oxygens (including phenoxy) is 1. The number of nitrogens with one attached hydrogen (secondary N) is 2. The third-order valence-corrected chi connectivity index (χ3v) is 5.55. The maximum absolute atomic E-state index is 12.5. The van der Waals surface area contributed by atoms with Gasteiger partial charge in [0.05, 0.1) is 24.1 Å². The Hall–Kier alpha value is -1.58. The highest BCUT2D eigenvalue weighted by atomic mass is 32.2. The lowest BCUT2D eigenvalue weighted by Gasteiger charge is -2.35. The second kappa shape index (κ2) is 8.88. The molecule has 0 aromatic carbocycles. The maximum atomic E-state index is 12.5. The molecule has 0 bridgehead atoms. The standard InChI is InChI=1S/C17H27N5O3S/c1-12-7-21(8-13(2)25-12)17(24)10-22-9-15(6-19-22)20-16(23)5-14-11-26-4-3-18-14/h6,9,12-14,18H,3-5,7-8,10-11H2,1-2H3,(H,20,23). The van der Waals surface area contributed by atoms with Crippen molar-refractivity contribution in [3.05, 3.63) is 12.4 Å². The molecule has 2 amide bonds. The third-order valence-electron chi connectivity index (χ3n) is 4.42. The molecule has 26 heavy (non-hydrogen) atoms. The molecule has 0 spiro atoms. The Morgan fingerprint density at radius 2 is 2.15 bits per heavy atom. The van der Waals surface area contributed by atoms with Crippen LogP contribution in [0, 0.1) is 0 Å². The van der Waals surface area contributed by atoms with Crippen molar-refractivity contribution in [3.63, 3.8) is 0 Å². The van der Waals surface area contributed by atoms with Crippen LogP contribution in [0.15, 0.2) is 12.4 Å². The van der Waals surface area contributed by atoms with Gasteiger partial charge in [0.25, 0.3) is 0 Å². The van der Waals surface area contributed by atoms with Gasteiger partial charge in [0.1, 0.15) is 6.54 Å². The molecule has 0 radical (unpaired) electrons. The van der Waals surface area contributed by atoms with Crippen LogP contribution in [0.1, 0.15) is 20.3 Å². The molecule has 9 heteroatoms. The lowest BCUT2D eigenvalue weighted by atomic mass is 10.2. The lowest BCUT2D eigenvalue weighted by Crippen LogP contribution is -2.49. The molecule has 3 heterocycles. The molecule has 2 N–H and O–H groups in total. The Morgan fingerprint density at radius 3 is 2.85 bits per heavy atom. The fourth-order valence-electron chi connectivity index (χ4n) is 3.32. The largest absolute Gasteiger partial charge is 0.372 e. The molecule has 1 aromatic rings. The highest BCUT2D eigenvalue weighted by Gasteiger charge is 2.26. The van der Waals surface area contributed by atoms with E-state index in [0.717, 1.165) is 18.1 Å². The molecule has 2 aliphatic heterocycles. The molecule has 2 fully saturated rings. The van der Waals surface area contributed by atoms with Crippen LogP contribution in [0.5, 0.6) is 0 Å². The Bertz CT molecular complexity index is 622. The molecule has 3 rings (SSSR count). The first-order valence-corrected chi connectivity index (χ1v) is 10.2. The van der Waals surface area contributed by atoms with Crippen molar-refractivity contribution in [2.75, 3.05) is 36.5 Å². The smallest absolute Gasteiger partial charge is 0.244 e. The second-order valence-electron chi connectivity index (χ2n) is 6.96. The summed E-state index contributed by atoms with van der Waals surface area (Å²) < 4.78 is 7.22. The van der Waals surface area contributed by atoms with Crippen molar-refractivity contribution in [2.45, 2.75) is 45.1 Å². The van der Waals surface area contributed by atoms with E-state index in [0.29, 0.717) is 25.2 Å². The van der Waals surface area contributed by atoms with E-state index >= 15 is 0 Å². The van der Waals surface area contributed by atoms with E-state index in [2.05, 4.69) is 15.7 Å². The number of nitrogens with zero attached hydrogens (tertiary/aromatic N) is 3. The van der Waals surface area contributed by atoms with Gasteiger partial charge in [-0.1, -0.05) is 0 Å². The molecule has 2 aliphatic rings. The first kappa shape index (κ1) is 19.2. The number of rotatable bonds is 5. The zero-order valence-corrected chi connectivity index (χ0v) is 16.1. The molecule has 3 unspecified atom stereocenters. The van der Waals surface area contributed by atoms with Gasteiger partial charge in [0, 0.05) is 49.8 Å². The number of carbonyl (C=O) groups excluding carboxylic acids is 2. The molecular weight excluding hydrogens is 354 g/mol. The molecule has 8 nitrogen and oxygen atoms in total. The summed E-state index contributed by atoms with van der Waals surface area (Å²) in [7, 11) is 0. The van der Waals surface area contributed by atoms with Crippen LogP contribution >= 0.6 is 11.8 Å². The van der Waals surface area contributed by atoms with E-state index in [1.54, 1.807) is 17.1 Å². The number of hydrogen-bond acceptors (Lipinski definition) is 6. The van der Waals surface area contributed by atoms with Gasteiger partial charge in [-0.15, -0.1) is 0 Å². The Balaban J connectivity index is 1.48. The molecule has 0 aliphatic carbocycles. The van der Waals surface area contributed by atoms with Crippen LogP contribution in [0.4, 0.5) is 5.69 Å². The average Bonchev–Trinajstić information content (AvgIpc) is 3.01. The number of amides is 2. The number of carbonyl (C=O) groups is 2. The summed E-state index contributed by atoms with van der Waals surface area (Å²) in [4.78, 5) is 26.4. The van der Waals surface area contributed by atoms with Gasteiger partial charge in [-0.2, -0.15) is 16.9 Å². The molecule has 3 atom stereocenters. The van der Waals surface area contributed by atoms with Crippen molar-refractivity contribution in [2.24, 2.45) is 0 Å². The SMILES string of the molecule is CC1CN(C(=O)Cn2cc(NC(=O)CC3CSCCN3)cn2)CC(C)O1. The van der Waals surface area contributed by atoms with Crippen LogP contribution < -0.4 is 10.6 Å². The van der Waals surface area contributed by atoms with Crippen LogP contribution in [-0.2, 0) is 20.9 Å². The van der Waals surface area contributed by atoms with Crippen molar-refractivity contribution in [1.82, 2.24) is 20.0 Å². The van der Waals surface area contributed by atoms with Gasteiger partial charge in [-0.3, -0.25) is 14.3 Å². The van der Waals surface area contributed by atoms with E-state index in [-0.39, 0.29) is 36.6 Å². The second-order valence-corrected chi connectivity index (χ2v) is 8.11. The van der Waals surface area contributed by atoms with Gasteiger partial charge in [-0.25, -0.2) is 0 Å². The molecule has 144 valence electrons. The Morgan fingerprint density at radius 1 is 1.38 bits per heavy atom. The third kappa shape index (κ3) is 5.46. The summed E-state index contributed by atoms with van der Waals surface area (Å²) in [5.41, 5.74) is 0.620. The number of aromatic nitrogens is 2. The minimum Gasteiger partial charge on any atom is -0.372 e. The van der Waals surface area contributed by atoms with Gasteiger partial charge in [0.2, 0.25) is 11.8 Å². The van der Waals surface area contributed by atoms with E-state index < -0.39 is 0 Å². The number of thioether (sulfide) groups is 1. The summed E-state index contributed by atoms with van der Waals surface area (Å²) in [6, 6.07) is 0.218. The van der Waals surface area contributed by atoms with E-state index in [1.165, 1.54) is 0 Å². The quantitative estimate of drug-likeness (QED) is 0.775. The summed E-state index contributed by atoms with van der Waals surface area (Å²) in [5, 5.41) is 10.4. The summed E-state index contributed by atoms with van der Waals surface area (Å²) in [6.07, 6.45) is 3.81. The summed E-state index contributed by atoms with van der Waals surface area (Å²) in [5.74, 6) is 2.03. The predicted octanol–water partition coefficient (Wildman–Crippen LogP) is 0.553. The van der Waals surface area contributed by atoms with E-state index in [1.807, 2.05) is 30.5 Å². The van der Waals surface area contributed by atoms with Crippen LogP contribution in [-0.4, -0.2) is 75.9 Å². The number of hydrogen-bond donors (Lipinski definition) is 2. The molecule has 2 saturated heterocycles. The zero-order chi connectivity index (χ0) is 18.5. The highest BCUT2D eigenvalue weighted by molar-refractivity contribution is 7.99. The fourth-order valence-corrected chi connectivity index (χ4v) is 4.27. The monoisotopic (exact) mass is 381 g/mol. The lowest BCUT2D eigenvalue weighted by molar-refractivity contribution is -0.144. The van der Waals surface area contributed by atoms with Crippen molar-refractivity contribution >= 4 is 29.3 Å².